The molecule has 3 rings (SSSR count). The maximum atomic E-state index is 12.3. The van der Waals surface area contributed by atoms with Crippen LogP contribution in [0.4, 0.5) is 5.69 Å². The van der Waals surface area contributed by atoms with Gasteiger partial charge in [0.25, 0.3) is 15.7 Å². The second kappa shape index (κ2) is 4.94. The predicted molar refractivity (Wildman–Crippen MR) is 75.5 cm³/mol. The van der Waals surface area contributed by atoms with Crippen LogP contribution in [-0.4, -0.2) is 19.4 Å². The highest BCUT2D eigenvalue weighted by Crippen LogP contribution is 2.45. The maximum Gasteiger partial charge on any atom is 0.300 e. The average molecular weight is 337 g/mol. The number of thiophene rings is 1. The number of hydrogen-bond donors (Lipinski definition) is 1. The zero-order chi connectivity index (χ0) is 14.5. The second-order valence-electron chi connectivity index (χ2n) is 5.38. The number of fused-ring (bicyclic) bond motifs is 2. The molecule has 2 aliphatic carbocycles. The molecular weight excluding hydrogens is 324 g/mol. The third-order valence-corrected chi connectivity index (χ3v) is 7.45. The summed E-state index contributed by atoms with van der Waals surface area (Å²) in [6, 6.07) is 0.987. The van der Waals surface area contributed by atoms with Crippen LogP contribution in [0.1, 0.15) is 25.7 Å². The third kappa shape index (κ3) is 2.45. The van der Waals surface area contributed by atoms with Gasteiger partial charge in [0.15, 0.2) is 4.34 Å². The summed E-state index contributed by atoms with van der Waals surface area (Å²) in [6.07, 6.45) is 4.19. The molecule has 110 valence electrons. The molecule has 1 aromatic rings. The lowest BCUT2D eigenvalue weighted by molar-refractivity contribution is -0.384. The zero-order valence-corrected chi connectivity index (χ0v) is 12.8. The molecule has 2 bridgehead atoms. The van der Waals surface area contributed by atoms with Gasteiger partial charge in [-0.05, 0) is 31.1 Å². The fourth-order valence-corrected chi connectivity index (χ4v) is 6.24. The van der Waals surface area contributed by atoms with Crippen LogP contribution in [-0.2, 0) is 10.0 Å². The van der Waals surface area contributed by atoms with Gasteiger partial charge in [-0.3, -0.25) is 10.1 Å². The van der Waals surface area contributed by atoms with Crippen LogP contribution in [0, 0.1) is 22.0 Å². The van der Waals surface area contributed by atoms with Gasteiger partial charge in [-0.15, -0.1) is 11.3 Å². The first-order chi connectivity index (χ1) is 9.37. The Morgan fingerprint density at radius 1 is 1.40 bits per heavy atom. The largest absolute Gasteiger partial charge is 0.300 e. The standard InChI is InChI=1S/C11H13ClN2O4S2/c12-11-9(14(15)16)5-10(19-11)20(17,18)13-8-4-6-1-2-7(8)3-6/h5-8,13H,1-4H2. The molecule has 3 unspecified atom stereocenters. The van der Waals surface area contributed by atoms with Crippen molar-refractivity contribution in [1.29, 1.82) is 0 Å². The molecule has 2 saturated carbocycles. The van der Waals surface area contributed by atoms with Crippen LogP contribution >= 0.6 is 22.9 Å². The third-order valence-electron chi connectivity index (χ3n) is 4.15. The lowest BCUT2D eigenvalue weighted by Gasteiger charge is -2.22. The van der Waals surface area contributed by atoms with Gasteiger partial charge in [-0.2, -0.15) is 0 Å². The van der Waals surface area contributed by atoms with Crippen molar-refractivity contribution < 1.29 is 13.3 Å². The van der Waals surface area contributed by atoms with Crippen LogP contribution in [0.3, 0.4) is 0 Å². The van der Waals surface area contributed by atoms with Crippen molar-refractivity contribution >= 4 is 38.6 Å². The molecule has 2 fully saturated rings. The molecule has 1 aromatic heterocycles. The van der Waals surface area contributed by atoms with Crippen LogP contribution in [0.15, 0.2) is 10.3 Å². The SMILES string of the molecule is O=[N+]([O-])c1cc(S(=O)(=O)NC2CC3CCC2C3)sc1Cl. The Hall–Kier alpha value is -0.700. The Kier molecular flexibility index (Phi) is 3.52. The number of nitrogens with one attached hydrogen (secondary N) is 1. The molecule has 0 radical (unpaired) electrons. The number of sulfonamides is 1. The van der Waals surface area contributed by atoms with Gasteiger partial charge in [-0.25, -0.2) is 13.1 Å². The summed E-state index contributed by atoms with van der Waals surface area (Å²) >= 11 is 6.44. The summed E-state index contributed by atoms with van der Waals surface area (Å²) in [7, 11) is -3.72. The number of halogens is 1. The van der Waals surface area contributed by atoms with E-state index in [2.05, 4.69) is 4.72 Å². The van der Waals surface area contributed by atoms with Crippen molar-refractivity contribution in [1.82, 2.24) is 4.72 Å². The quantitative estimate of drug-likeness (QED) is 0.676. The molecule has 0 saturated heterocycles. The van der Waals surface area contributed by atoms with Gasteiger partial charge < -0.3 is 0 Å². The first kappa shape index (κ1) is 14.2. The molecule has 1 heterocycles. The predicted octanol–water partition coefficient (Wildman–Crippen LogP) is 2.78. The van der Waals surface area contributed by atoms with Crippen molar-refractivity contribution in [3.05, 3.63) is 20.5 Å². The molecule has 6 nitrogen and oxygen atoms in total. The van der Waals surface area contributed by atoms with E-state index in [9.17, 15) is 18.5 Å². The van der Waals surface area contributed by atoms with Crippen molar-refractivity contribution in [2.45, 2.75) is 35.9 Å². The summed E-state index contributed by atoms with van der Waals surface area (Å²) in [6.45, 7) is 0. The van der Waals surface area contributed by atoms with E-state index in [1.807, 2.05) is 0 Å². The average Bonchev–Trinajstić information content (AvgIpc) is 3.02. The highest BCUT2D eigenvalue weighted by molar-refractivity contribution is 7.91. The lowest BCUT2D eigenvalue weighted by Crippen LogP contribution is -2.38. The van der Waals surface area contributed by atoms with Crippen molar-refractivity contribution in [2.24, 2.45) is 11.8 Å². The molecule has 3 atom stereocenters. The first-order valence-electron chi connectivity index (χ1n) is 6.33. The number of hydrogen-bond acceptors (Lipinski definition) is 5. The van der Waals surface area contributed by atoms with E-state index in [-0.39, 0.29) is 20.3 Å². The number of rotatable bonds is 4. The lowest BCUT2D eigenvalue weighted by atomic mass is 9.96. The van der Waals surface area contributed by atoms with E-state index < -0.39 is 14.9 Å². The maximum absolute atomic E-state index is 12.3. The highest BCUT2D eigenvalue weighted by atomic mass is 35.5. The molecular formula is C11H13ClN2O4S2. The first-order valence-corrected chi connectivity index (χ1v) is 9.00. The van der Waals surface area contributed by atoms with Gasteiger partial charge in [0, 0.05) is 12.1 Å². The molecule has 2 aliphatic rings. The fraction of sp³-hybridized carbons (Fsp3) is 0.636. The smallest absolute Gasteiger partial charge is 0.258 e. The normalized spacial score (nSPS) is 28.9. The molecule has 20 heavy (non-hydrogen) atoms. The fourth-order valence-electron chi connectivity index (χ4n) is 3.24. The number of nitrogens with zero attached hydrogens (tertiary/aromatic N) is 1. The summed E-state index contributed by atoms with van der Waals surface area (Å²) in [5, 5.41) is 10.7. The van der Waals surface area contributed by atoms with E-state index >= 15 is 0 Å². The Morgan fingerprint density at radius 2 is 2.15 bits per heavy atom. The van der Waals surface area contributed by atoms with Crippen LogP contribution in [0.5, 0.6) is 0 Å². The van der Waals surface area contributed by atoms with Crippen LogP contribution in [0.2, 0.25) is 4.34 Å². The topological polar surface area (TPSA) is 89.3 Å². The van der Waals surface area contributed by atoms with E-state index in [0.29, 0.717) is 11.8 Å². The highest BCUT2D eigenvalue weighted by Gasteiger charge is 2.41. The Balaban J connectivity index is 1.81. The molecule has 9 heteroatoms. The van der Waals surface area contributed by atoms with Gasteiger partial charge >= 0.3 is 0 Å². The zero-order valence-electron chi connectivity index (χ0n) is 10.4. The summed E-state index contributed by atoms with van der Waals surface area (Å²) in [5.41, 5.74) is -0.356. The van der Waals surface area contributed by atoms with E-state index in [4.69, 9.17) is 11.6 Å². The monoisotopic (exact) mass is 336 g/mol. The Labute approximate surface area is 125 Å². The van der Waals surface area contributed by atoms with Crippen molar-refractivity contribution in [3.8, 4) is 0 Å². The molecule has 1 N–H and O–H groups in total. The van der Waals surface area contributed by atoms with Crippen LogP contribution < -0.4 is 4.72 Å². The minimum atomic E-state index is -3.72. The Bertz CT molecular complexity index is 657. The van der Waals surface area contributed by atoms with E-state index in [0.717, 1.165) is 36.7 Å². The van der Waals surface area contributed by atoms with E-state index in [1.54, 1.807) is 0 Å². The second-order valence-corrected chi connectivity index (χ2v) is 8.98. The van der Waals surface area contributed by atoms with Crippen LogP contribution in [0.25, 0.3) is 0 Å². The molecule has 0 aliphatic heterocycles. The number of nitro groups is 1. The van der Waals surface area contributed by atoms with Crippen molar-refractivity contribution in [2.75, 3.05) is 0 Å². The molecule has 0 spiro atoms. The summed E-state index contributed by atoms with van der Waals surface area (Å²) in [4.78, 5) is 10.1. The molecule has 0 aromatic carbocycles. The van der Waals surface area contributed by atoms with E-state index in [1.165, 1.54) is 6.42 Å². The Morgan fingerprint density at radius 3 is 2.65 bits per heavy atom. The van der Waals surface area contributed by atoms with Crippen molar-refractivity contribution in [3.63, 3.8) is 0 Å². The van der Waals surface area contributed by atoms with Gasteiger partial charge in [0.2, 0.25) is 0 Å². The van der Waals surface area contributed by atoms with Gasteiger partial charge in [-0.1, -0.05) is 18.0 Å². The minimum absolute atomic E-state index is 0.0429. The minimum Gasteiger partial charge on any atom is -0.258 e. The molecule has 0 amide bonds. The van der Waals surface area contributed by atoms with Gasteiger partial charge in [0.05, 0.1) is 4.92 Å². The summed E-state index contributed by atoms with van der Waals surface area (Å²) < 4.78 is 27.0. The van der Waals surface area contributed by atoms with Gasteiger partial charge in [0.1, 0.15) is 4.21 Å². The summed E-state index contributed by atoms with van der Waals surface area (Å²) in [5.74, 6) is 1.02.